The van der Waals surface area contributed by atoms with E-state index in [9.17, 15) is 9.59 Å². The molecule has 0 saturated heterocycles. The van der Waals surface area contributed by atoms with Crippen molar-refractivity contribution >= 4 is 18.1 Å². The second-order valence-corrected chi connectivity index (χ2v) is 4.20. The van der Waals surface area contributed by atoms with Gasteiger partial charge >= 0.3 is 5.97 Å². The zero-order valence-corrected chi connectivity index (χ0v) is 12.3. The van der Waals surface area contributed by atoms with Crippen molar-refractivity contribution in [2.24, 2.45) is 5.16 Å². The van der Waals surface area contributed by atoms with Crippen molar-refractivity contribution in [1.29, 1.82) is 0 Å². The minimum absolute atomic E-state index is 0.172. The molecule has 0 heterocycles. The van der Waals surface area contributed by atoms with Gasteiger partial charge in [0.15, 0.2) is 0 Å². The van der Waals surface area contributed by atoms with Crippen molar-refractivity contribution in [3.8, 4) is 0 Å². The molecule has 0 radical (unpaired) electrons. The van der Waals surface area contributed by atoms with Crippen molar-refractivity contribution in [2.75, 3.05) is 20.3 Å². The summed E-state index contributed by atoms with van der Waals surface area (Å²) in [5, 5.41) is 6.39. The van der Waals surface area contributed by atoms with Gasteiger partial charge in [-0.2, -0.15) is 0 Å². The third-order valence-corrected chi connectivity index (χ3v) is 2.63. The second kappa shape index (κ2) is 9.52. The largest absolute Gasteiger partial charge is 0.466 e. The number of amides is 1. The highest BCUT2D eigenvalue weighted by Gasteiger charge is 2.05. The van der Waals surface area contributed by atoms with Gasteiger partial charge < -0.3 is 14.9 Å². The van der Waals surface area contributed by atoms with Crippen LogP contribution in [0.2, 0.25) is 0 Å². The summed E-state index contributed by atoms with van der Waals surface area (Å²) in [6.07, 6.45) is 2.42. The SMILES string of the molecule is CCOC(=O)CCCNC(=O)c1ccc(/C=N/OC)cc1. The predicted octanol–water partition coefficient (Wildman–Crippen LogP) is 1.74. The number of nitrogens with one attached hydrogen (secondary N) is 1. The summed E-state index contributed by atoms with van der Waals surface area (Å²) < 4.78 is 4.80. The molecule has 21 heavy (non-hydrogen) atoms. The van der Waals surface area contributed by atoms with Gasteiger partial charge in [-0.15, -0.1) is 0 Å². The van der Waals surface area contributed by atoms with E-state index in [1.54, 1.807) is 37.4 Å². The molecule has 1 amide bonds. The van der Waals surface area contributed by atoms with Crippen molar-refractivity contribution in [2.45, 2.75) is 19.8 Å². The van der Waals surface area contributed by atoms with Gasteiger partial charge in [0.1, 0.15) is 7.11 Å². The molecule has 0 bridgehead atoms. The number of carbonyl (C=O) groups is 2. The van der Waals surface area contributed by atoms with Crippen LogP contribution < -0.4 is 5.32 Å². The Bertz CT molecular complexity index is 483. The Hall–Kier alpha value is -2.37. The molecule has 0 spiro atoms. The lowest BCUT2D eigenvalue weighted by atomic mass is 10.1. The van der Waals surface area contributed by atoms with Gasteiger partial charge in [-0.3, -0.25) is 9.59 Å². The van der Waals surface area contributed by atoms with Crippen LogP contribution in [0.4, 0.5) is 0 Å². The quantitative estimate of drug-likeness (QED) is 0.343. The molecule has 1 aromatic carbocycles. The normalized spacial score (nSPS) is 10.4. The number of benzene rings is 1. The van der Waals surface area contributed by atoms with Gasteiger partial charge in [0.25, 0.3) is 5.91 Å². The fourth-order valence-corrected chi connectivity index (χ4v) is 1.60. The van der Waals surface area contributed by atoms with Gasteiger partial charge in [0, 0.05) is 18.5 Å². The Morgan fingerprint density at radius 3 is 2.62 bits per heavy atom. The Morgan fingerprint density at radius 2 is 2.00 bits per heavy atom. The zero-order valence-electron chi connectivity index (χ0n) is 12.3. The van der Waals surface area contributed by atoms with E-state index >= 15 is 0 Å². The Morgan fingerprint density at radius 1 is 1.29 bits per heavy atom. The van der Waals surface area contributed by atoms with E-state index < -0.39 is 0 Å². The smallest absolute Gasteiger partial charge is 0.305 e. The molecule has 1 aromatic rings. The molecule has 0 saturated carbocycles. The van der Waals surface area contributed by atoms with Gasteiger partial charge in [-0.25, -0.2) is 0 Å². The first-order chi connectivity index (χ1) is 10.2. The Balaban J connectivity index is 2.35. The van der Waals surface area contributed by atoms with Crippen molar-refractivity contribution in [3.05, 3.63) is 35.4 Å². The van der Waals surface area contributed by atoms with E-state index in [0.717, 1.165) is 5.56 Å². The predicted molar refractivity (Wildman–Crippen MR) is 79.2 cm³/mol. The second-order valence-electron chi connectivity index (χ2n) is 4.20. The molecule has 0 fully saturated rings. The van der Waals surface area contributed by atoms with Crippen LogP contribution in [0.25, 0.3) is 0 Å². The van der Waals surface area contributed by atoms with Crippen molar-refractivity contribution in [3.63, 3.8) is 0 Å². The molecule has 6 heteroatoms. The standard InChI is InChI=1S/C15H20N2O4/c1-3-21-14(18)5-4-10-16-15(19)13-8-6-12(7-9-13)11-17-20-2/h6-9,11H,3-5,10H2,1-2H3,(H,16,19)/b17-11+. The van der Waals surface area contributed by atoms with Crippen LogP contribution in [0.1, 0.15) is 35.7 Å². The molecule has 114 valence electrons. The lowest BCUT2D eigenvalue weighted by molar-refractivity contribution is -0.143. The average molecular weight is 292 g/mol. The maximum Gasteiger partial charge on any atom is 0.305 e. The molecule has 1 rings (SSSR count). The number of rotatable bonds is 8. The van der Waals surface area contributed by atoms with E-state index in [2.05, 4.69) is 15.3 Å². The number of carbonyl (C=O) groups excluding carboxylic acids is 2. The monoisotopic (exact) mass is 292 g/mol. The number of hydrogen-bond acceptors (Lipinski definition) is 5. The molecule has 0 atom stereocenters. The van der Waals surface area contributed by atoms with Crippen LogP contribution in [0.3, 0.4) is 0 Å². The molecule has 0 unspecified atom stereocenters. The Labute approximate surface area is 124 Å². The summed E-state index contributed by atoms with van der Waals surface area (Å²) in [5.74, 6) is -0.414. The van der Waals surface area contributed by atoms with Crippen LogP contribution in [0, 0.1) is 0 Å². The van der Waals surface area contributed by atoms with Crippen LogP contribution in [0.15, 0.2) is 29.4 Å². The van der Waals surface area contributed by atoms with Gasteiger partial charge in [-0.1, -0.05) is 17.3 Å². The first-order valence-electron chi connectivity index (χ1n) is 6.77. The number of hydrogen-bond donors (Lipinski definition) is 1. The fraction of sp³-hybridized carbons (Fsp3) is 0.400. The average Bonchev–Trinajstić information content (AvgIpc) is 2.50. The number of ether oxygens (including phenoxy) is 1. The molecule has 6 nitrogen and oxygen atoms in total. The minimum Gasteiger partial charge on any atom is -0.466 e. The highest BCUT2D eigenvalue weighted by atomic mass is 16.6. The van der Waals surface area contributed by atoms with Crippen molar-refractivity contribution in [1.82, 2.24) is 5.32 Å². The molecular weight excluding hydrogens is 272 g/mol. The first kappa shape index (κ1) is 16.7. The minimum atomic E-state index is -0.242. The van der Waals surface area contributed by atoms with E-state index in [4.69, 9.17) is 4.74 Å². The van der Waals surface area contributed by atoms with Crippen LogP contribution in [-0.4, -0.2) is 38.4 Å². The maximum absolute atomic E-state index is 11.9. The van der Waals surface area contributed by atoms with Crippen LogP contribution >= 0.6 is 0 Å². The summed E-state index contributed by atoms with van der Waals surface area (Å²) >= 11 is 0. The number of oxime groups is 1. The maximum atomic E-state index is 11.9. The van der Waals surface area contributed by atoms with Gasteiger partial charge in [-0.05, 0) is 31.0 Å². The Kier molecular flexibility index (Phi) is 7.56. The third kappa shape index (κ3) is 6.56. The summed E-state index contributed by atoms with van der Waals surface area (Å²) in [5.41, 5.74) is 1.40. The molecule has 0 aromatic heterocycles. The van der Waals surface area contributed by atoms with Gasteiger partial charge in [0.2, 0.25) is 0 Å². The van der Waals surface area contributed by atoms with E-state index in [1.807, 2.05) is 0 Å². The molecule has 0 aliphatic rings. The number of esters is 1. The fourth-order valence-electron chi connectivity index (χ4n) is 1.60. The molecule has 1 N–H and O–H groups in total. The van der Waals surface area contributed by atoms with Crippen molar-refractivity contribution < 1.29 is 19.2 Å². The molecular formula is C15H20N2O4. The summed E-state index contributed by atoms with van der Waals surface area (Å²) in [7, 11) is 1.47. The van der Waals surface area contributed by atoms with Crippen LogP contribution in [0.5, 0.6) is 0 Å². The summed E-state index contributed by atoms with van der Waals surface area (Å²) in [6, 6.07) is 6.96. The highest BCUT2D eigenvalue weighted by Crippen LogP contribution is 2.03. The van der Waals surface area contributed by atoms with E-state index in [-0.39, 0.29) is 11.9 Å². The topological polar surface area (TPSA) is 77.0 Å². The lowest BCUT2D eigenvalue weighted by Crippen LogP contribution is -2.25. The summed E-state index contributed by atoms with van der Waals surface area (Å²) in [6.45, 7) is 2.58. The molecule has 0 aliphatic carbocycles. The molecule has 0 aliphatic heterocycles. The third-order valence-electron chi connectivity index (χ3n) is 2.63. The van der Waals surface area contributed by atoms with E-state index in [1.165, 1.54) is 7.11 Å². The first-order valence-corrected chi connectivity index (χ1v) is 6.77. The zero-order chi connectivity index (χ0) is 15.5. The van der Waals surface area contributed by atoms with Gasteiger partial charge in [0.05, 0.1) is 12.8 Å². The van der Waals surface area contributed by atoms with Crippen LogP contribution in [-0.2, 0) is 14.4 Å². The summed E-state index contributed by atoms with van der Waals surface area (Å²) in [4.78, 5) is 27.6. The highest BCUT2D eigenvalue weighted by molar-refractivity contribution is 5.95. The number of nitrogens with zero attached hydrogens (tertiary/aromatic N) is 1. The lowest BCUT2D eigenvalue weighted by Gasteiger charge is -2.05. The van der Waals surface area contributed by atoms with E-state index in [0.29, 0.717) is 31.6 Å².